The Labute approximate surface area is 63.8 Å². The molecule has 1 unspecified atom stereocenters. The molecule has 0 aromatic heterocycles. The Hall–Kier alpha value is -0.0400. The predicted octanol–water partition coefficient (Wildman–Crippen LogP) is 2.46. The van der Waals surface area contributed by atoms with E-state index in [1.54, 1.807) is 7.11 Å². The minimum absolute atomic E-state index is 0.956. The van der Waals surface area contributed by atoms with Gasteiger partial charge in [-0.1, -0.05) is 19.8 Å². The maximum absolute atomic E-state index is 5.04. The standard InChI is InChI=1S/C9H18O/c1-8-3-4-9(7-8)5-6-10-2/h8-9H,3-7H2,1-2H3/t8-,9?/m0/s1. The summed E-state index contributed by atoms with van der Waals surface area (Å²) >= 11 is 0. The summed E-state index contributed by atoms with van der Waals surface area (Å²) < 4.78 is 5.04. The van der Waals surface area contributed by atoms with Crippen LogP contribution in [0.3, 0.4) is 0 Å². The number of methoxy groups -OCH3 is 1. The molecule has 10 heavy (non-hydrogen) atoms. The van der Waals surface area contributed by atoms with Crippen LogP contribution in [0.15, 0.2) is 0 Å². The Kier molecular flexibility index (Phi) is 3.20. The zero-order valence-electron chi connectivity index (χ0n) is 7.10. The zero-order chi connectivity index (χ0) is 7.40. The molecule has 0 bridgehead atoms. The van der Waals surface area contributed by atoms with Crippen molar-refractivity contribution in [1.82, 2.24) is 0 Å². The molecule has 2 atom stereocenters. The highest BCUT2D eigenvalue weighted by Crippen LogP contribution is 2.32. The van der Waals surface area contributed by atoms with Gasteiger partial charge in [-0.05, 0) is 24.7 Å². The topological polar surface area (TPSA) is 9.23 Å². The van der Waals surface area contributed by atoms with Gasteiger partial charge in [-0.2, -0.15) is 0 Å². The average molecular weight is 142 g/mol. The van der Waals surface area contributed by atoms with Gasteiger partial charge in [0.2, 0.25) is 0 Å². The van der Waals surface area contributed by atoms with Crippen LogP contribution in [-0.2, 0) is 4.74 Å². The molecule has 0 amide bonds. The fraction of sp³-hybridized carbons (Fsp3) is 1.00. The minimum Gasteiger partial charge on any atom is -0.385 e. The summed E-state index contributed by atoms with van der Waals surface area (Å²) in [6, 6.07) is 0. The fourth-order valence-electron chi connectivity index (χ4n) is 1.87. The zero-order valence-corrected chi connectivity index (χ0v) is 7.10. The van der Waals surface area contributed by atoms with E-state index in [4.69, 9.17) is 4.74 Å². The first-order valence-electron chi connectivity index (χ1n) is 4.32. The summed E-state index contributed by atoms with van der Waals surface area (Å²) in [5.41, 5.74) is 0. The molecule has 60 valence electrons. The smallest absolute Gasteiger partial charge is 0.0464 e. The Morgan fingerprint density at radius 3 is 2.70 bits per heavy atom. The lowest BCUT2D eigenvalue weighted by molar-refractivity contribution is 0.177. The number of hydrogen-bond donors (Lipinski definition) is 0. The van der Waals surface area contributed by atoms with E-state index in [1.807, 2.05) is 0 Å². The van der Waals surface area contributed by atoms with Crippen LogP contribution in [-0.4, -0.2) is 13.7 Å². The van der Waals surface area contributed by atoms with Gasteiger partial charge in [0.05, 0.1) is 0 Å². The lowest BCUT2D eigenvalue weighted by atomic mass is 10.0. The summed E-state index contributed by atoms with van der Waals surface area (Å²) in [5.74, 6) is 1.94. The van der Waals surface area contributed by atoms with E-state index in [-0.39, 0.29) is 0 Å². The molecule has 0 N–H and O–H groups in total. The summed E-state index contributed by atoms with van der Waals surface area (Å²) in [4.78, 5) is 0. The van der Waals surface area contributed by atoms with Crippen molar-refractivity contribution in [2.75, 3.05) is 13.7 Å². The molecule has 0 heterocycles. The Bertz CT molecular complexity index is 90.7. The van der Waals surface area contributed by atoms with Gasteiger partial charge in [0.25, 0.3) is 0 Å². The molecular weight excluding hydrogens is 124 g/mol. The first kappa shape index (κ1) is 8.06. The third-order valence-electron chi connectivity index (χ3n) is 2.53. The van der Waals surface area contributed by atoms with Gasteiger partial charge < -0.3 is 4.74 Å². The third kappa shape index (κ3) is 2.30. The van der Waals surface area contributed by atoms with Crippen molar-refractivity contribution in [1.29, 1.82) is 0 Å². The normalized spacial score (nSPS) is 33.0. The second-order valence-electron chi connectivity index (χ2n) is 3.57. The molecule has 0 aromatic rings. The van der Waals surface area contributed by atoms with Crippen molar-refractivity contribution in [3.05, 3.63) is 0 Å². The van der Waals surface area contributed by atoms with Crippen LogP contribution in [0.4, 0.5) is 0 Å². The van der Waals surface area contributed by atoms with E-state index in [1.165, 1.54) is 25.7 Å². The molecule has 1 rings (SSSR count). The van der Waals surface area contributed by atoms with Gasteiger partial charge >= 0.3 is 0 Å². The van der Waals surface area contributed by atoms with Crippen LogP contribution in [0.5, 0.6) is 0 Å². The quantitative estimate of drug-likeness (QED) is 0.588. The number of hydrogen-bond acceptors (Lipinski definition) is 1. The van der Waals surface area contributed by atoms with E-state index in [2.05, 4.69) is 6.92 Å². The molecule has 1 nitrogen and oxygen atoms in total. The van der Waals surface area contributed by atoms with Crippen molar-refractivity contribution in [2.24, 2.45) is 11.8 Å². The molecule has 1 heteroatoms. The highest BCUT2D eigenvalue weighted by atomic mass is 16.5. The fourth-order valence-corrected chi connectivity index (χ4v) is 1.87. The van der Waals surface area contributed by atoms with Crippen molar-refractivity contribution in [2.45, 2.75) is 32.6 Å². The maximum atomic E-state index is 5.04. The van der Waals surface area contributed by atoms with Crippen LogP contribution >= 0.6 is 0 Å². The van der Waals surface area contributed by atoms with E-state index in [0.29, 0.717) is 0 Å². The van der Waals surface area contributed by atoms with Crippen molar-refractivity contribution in [3.63, 3.8) is 0 Å². The predicted molar refractivity (Wildman–Crippen MR) is 43.0 cm³/mol. The van der Waals surface area contributed by atoms with Crippen molar-refractivity contribution >= 4 is 0 Å². The van der Waals surface area contributed by atoms with Crippen LogP contribution in [0, 0.1) is 11.8 Å². The van der Waals surface area contributed by atoms with Crippen molar-refractivity contribution < 1.29 is 4.74 Å². The molecule has 1 fully saturated rings. The monoisotopic (exact) mass is 142 g/mol. The highest BCUT2D eigenvalue weighted by Gasteiger charge is 2.20. The summed E-state index contributed by atoms with van der Waals surface area (Å²) in [6.07, 6.45) is 5.59. The molecule has 0 aliphatic heterocycles. The van der Waals surface area contributed by atoms with Gasteiger partial charge in [-0.3, -0.25) is 0 Å². The van der Waals surface area contributed by atoms with Gasteiger partial charge in [-0.25, -0.2) is 0 Å². The molecule has 1 aliphatic rings. The second-order valence-corrected chi connectivity index (χ2v) is 3.57. The van der Waals surface area contributed by atoms with E-state index in [9.17, 15) is 0 Å². The van der Waals surface area contributed by atoms with Crippen molar-refractivity contribution in [3.8, 4) is 0 Å². The Morgan fingerprint density at radius 2 is 2.20 bits per heavy atom. The minimum atomic E-state index is 0.956. The summed E-state index contributed by atoms with van der Waals surface area (Å²) in [6.45, 7) is 3.31. The van der Waals surface area contributed by atoms with E-state index in [0.717, 1.165) is 18.4 Å². The summed E-state index contributed by atoms with van der Waals surface area (Å²) in [5, 5.41) is 0. The van der Waals surface area contributed by atoms with Crippen LogP contribution in [0.25, 0.3) is 0 Å². The molecule has 0 aromatic carbocycles. The Balaban J connectivity index is 2.06. The SMILES string of the molecule is COCCC1CC[C@H](C)C1. The van der Waals surface area contributed by atoms with Gasteiger partial charge in [0.15, 0.2) is 0 Å². The lowest BCUT2D eigenvalue weighted by Crippen LogP contribution is -1.99. The first-order chi connectivity index (χ1) is 4.83. The largest absolute Gasteiger partial charge is 0.385 e. The van der Waals surface area contributed by atoms with Crippen LogP contribution in [0.2, 0.25) is 0 Å². The number of rotatable bonds is 3. The average Bonchev–Trinajstić information content (AvgIpc) is 2.31. The molecule has 0 radical (unpaired) electrons. The van der Waals surface area contributed by atoms with E-state index < -0.39 is 0 Å². The van der Waals surface area contributed by atoms with Crippen LogP contribution < -0.4 is 0 Å². The second kappa shape index (κ2) is 3.97. The summed E-state index contributed by atoms with van der Waals surface area (Å²) in [7, 11) is 1.79. The van der Waals surface area contributed by atoms with Gasteiger partial charge in [-0.15, -0.1) is 0 Å². The molecule has 1 aliphatic carbocycles. The van der Waals surface area contributed by atoms with E-state index >= 15 is 0 Å². The molecular formula is C9H18O. The molecule has 0 saturated heterocycles. The van der Waals surface area contributed by atoms with Gasteiger partial charge in [0, 0.05) is 13.7 Å². The highest BCUT2D eigenvalue weighted by molar-refractivity contribution is 4.72. The third-order valence-corrected chi connectivity index (χ3v) is 2.53. The van der Waals surface area contributed by atoms with Crippen LogP contribution in [0.1, 0.15) is 32.6 Å². The Morgan fingerprint density at radius 1 is 1.40 bits per heavy atom. The number of ether oxygens (including phenoxy) is 1. The maximum Gasteiger partial charge on any atom is 0.0464 e. The molecule has 0 spiro atoms. The van der Waals surface area contributed by atoms with Gasteiger partial charge in [0.1, 0.15) is 0 Å². The lowest BCUT2D eigenvalue weighted by Gasteiger charge is -2.06. The molecule has 1 saturated carbocycles. The first-order valence-corrected chi connectivity index (χ1v) is 4.32.